The van der Waals surface area contributed by atoms with Crippen LogP contribution in [0.15, 0.2) is 88.1 Å². The van der Waals surface area contributed by atoms with E-state index in [9.17, 15) is 0 Å². The summed E-state index contributed by atoms with van der Waals surface area (Å²) < 4.78 is 22.5. The molecular formula is C24H24Cl6N6O3P4S4. The first kappa shape index (κ1) is 41.2. The number of hydrazone groups is 3. The number of rotatable bonds is 15. The number of nitrogens with zero attached hydrogens (tertiary/aromatic N) is 6. The lowest BCUT2D eigenvalue weighted by Crippen LogP contribution is -2.07. The monoisotopic (exact) mass is 906 g/mol. The second kappa shape index (κ2) is 17.8. The maximum atomic E-state index is 6.17. The predicted octanol–water partition coefficient (Wildman–Crippen LogP) is 11.4. The lowest BCUT2D eigenvalue weighted by Gasteiger charge is -2.23. The van der Waals surface area contributed by atoms with E-state index in [4.69, 9.17) is 128 Å². The van der Waals surface area contributed by atoms with Crippen LogP contribution in [0, 0.1) is 0 Å². The van der Waals surface area contributed by atoms with Gasteiger partial charge in [0.05, 0.1) is 18.6 Å². The van der Waals surface area contributed by atoms with Crippen molar-refractivity contribution in [3.8, 4) is 17.2 Å². The number of halogens is 6. The van der Waals surface area contributed by atoms with Crippen molar-refractivity contribution in [2.45, 2.75) is 0 Å². The van der Waals surface area contributed by atoms with Gasteiger partial charge in [-0.3, -0.25) is 0 Å². The molecular weight excluding hydrogens is 885 g/mol. The number of benzene rings is 3. The van der Waals surface area contributed by atoms with Crippen molar-refractivity contribution in [3.63, 3.8) is 0 Å². The molecule has 0 unspecified atom stereocenters. The molecule has 3 aromatic rings. The van der Waals surface area contributed by atoms with E-state index in [1.54, 1.807) is 113 Å². The molecule has 0 saturated heterocycles. The second-order valence-corrected chi connectivity index (χ2v) is 34.8. The summed E-state index contributed by atoms with van der Waals surface area (Å²) in [5.41, 5.74) is 2.21. The van der Waals surface area contributed by atoms with Crippen molar-refractivity contribution >= 4 is 155 Å². The molecule has 0 spiro atoms. The molecule has 0 saturated carbocycles. The first-order chi connectivity index (χ1) is 21.7. The minimum atomic E-state index is -3.51. The zero-order valence-electron chi connectivity index (χ0n) is 24.3. The van der Waals surface area contributed by atoms with Crippen molar-refractivity contribution in [3.05, 3.63) is 89.5 Å². The number of hydrogen-bond acceptors (Lipinski definition) is 10. The predicted molar refractivity (Wildman–Crippen MR) is 220 cm³/mol. The molecule has 0 amide bonds. The molecule has 0 bridgehead atoms. The fraction of sp³-hybridized carbons (Fsp3) is 0.125. The van der Waals surface area contributed by atoms with Gasteiger partial charge in [0.25, 0.3) is 0 Å². The van der Waals surface area contributed by atoms with Crippen molar-refractivity contribution < 1.29 is 13.6 Å². The first-order valence-corrected chi connectivity index (χ1v) is 28.8. The molecule has 0 radical (unpaired) electrons. The molecule has 0 heterocycles. The molecule has 0 aliphatic carbocycles. The second-order valence-electron chi connectivity index (χ2n) is 8.93. The number of hydrogen-bond donors (Lipinski definition) is 0. The molecule has 254 valence electrons. The molecule has 3 aromatic carbocycles. The quantitative estimate of drug-likeness (QED) is 0.0836. The fourth-order valence-corrected chi connectivity index (χ4v) is 6.54. The first-order valence-electron chi connectivity index (χ1n) is 12.6. The van der Waals surface area contributed by atoms with Crippen LogP contribution in [0.3, 0.4) is 0 Å². The summed E-state index contributed by atoms with van der Waals surface area (Å²) >= 11 is 57.0. The highest BCUT2D eigenvalue weighted by Crippen LogP contribution is 2.60. The summed E-state index contributed by atoms with van der Waals surface area (Å²) in [6.07, 6.45) is 4.70. The Kier molecular flexibility index (Phi) is 15.6. The lowest BCUT2D eigenvalue weighted by atomic mass is 10.2. The topological polar surface area (TPSA) is 74.5 Å². The highest BCUT2D eigenvalue weighted by molar-refractivity contribution is 8.38. The minimum absolute atomic E-state index is 0.396. The molecule has 0 aliphatic heterocycles. The van der Waals surface area contributed by atoms with Gasteiger partial charge in [-0.1, -0.05) is 0 Å². The summed E-state index contributed by atoms with van der Waals surface area (Å²) in [6.45, 7) is -3.51. The highest BCUT2D eigenvalue weighted by Gasteiger charge is 2.27. The van der Waals surface area contributed by atoms with Crippen LogP contribution in [0.5, 0.6) is 17.2 Å². The average molecular weight is 909 g/mol. The lowest BCUT2D eigenvalue weighted by molar-refractivity contribution is 0.384. The molecule has 23 heteroatoms. The summed E-state index contributed by atoms with van der Waals surface area (Å²) in [5, 5.41) is 12.6. The van der Waals surface area contributed by atoms with E-state index in [-0.39, 0.29) is 0 Å². The van der Waals surface area contributed by atoms with E-state index in [1.807, 2.05) is 0 Å². The molecule has 0 N–H and O–H groups in total. The summed E-state index contributed by atoms with van der Waals surface area (Å²) in [5.74, 6) is 1.19. The Balaban J connectivity index is 1.85. The van der Waals surface area contributed by atoms with Crippen LogP contribution in [0.1, 0.15) is 16.7 Å². The van der Waals surface area contributed by atoms with Gasteiger partial charge < -0.3 is 13.6 Å². The van der Waals surface area contributed by atoms with Gasteiger partial charge in [-0.15, -0.1) is 0 Å². The summed E-state index contributed by atoms with van der Waals surface area (Å²) in [4.78, 5) is -8.20. The maximum Gasteiger partial charge on any atom is 0.490 e. The Bertz CT molecular complexity index is 1600. The van der Waals surface area contributed by atoms with Crippen LogP contribution in [-0.4, -0.2) is 54.1 Å². The molecule has 0 aliphatic rings. The zero-order chi connectivity index (χ0) is 35.0. The molecule has 0 fully saturated rings. The van der Waals surface area contributed by atoms with Gasteiger partial charge >= 0.3 is 6.72 Å². The van der Waals surface area contributed by atoms with Crippen LogP contribution >= 0.6 is 88.8 Å². The Morgan fingerprint density at radius 3 is 0.872 bits per heavy atom. The van der Waals surface area contributed by atoms with Crippen LogP contribution < -0.4 is 13.6 Å². The fourth-order valence-electron chi connectivity index (χ4n) is 2.92. The van der Waals surface area contributed by atoms with E-state index < -0.39 is 21.4 Å². The van der Waals surface area contributed by atoms with Crippen molar-refractivity contribution in [2.75, 3.05) is 21.1 Å². The van der Waals surface area contributed by atoms with Crippen LogP contribution in [0.4, 0.5) is 0 Å². The third kappa shape index (κ3) is 14.5. The third-order valence-electron chi connectivity index (χ3n) is 5.42. The summed E-state index contributed by atoms with van der Waals surface area (Å²) in [6, 6.07) is 20.8. The standard InChI is InChI=1S/C24H24Cl6N6O3P4S4/c1-34(40(25,26)44)31-16-19-4-10-22(11-5-19)37-43(47,38-23-12-6-20(7-13-23)17-32-35(2)41(27,28)45)39-24-14-8-21(9-15-24)18-33-36(3)42(29,30)46/h4-18H,1-3H3. The minimum Gasteiger partial charge on any atom is -0.407 e. The van der Waals surface area contributed by atoms with Crippen LogP contribution in [0.25, 0.3) is 0 Å². The third-order valence-corrected chi connectivity index (χ3v) is 15.8. The zero-order valence-corrected chi connectivity index (χ0v) is 35.6. The van der Waals surface area contributed by atoms with E-state index >= 15 is 0 Å². The van der Waals surface area contributed by atoms with Gasteiger partial charge in [0.1, 0.15) is 17.2 Å². The SMILES string of the molecule is CN(N=Cc1ccc(OP(=S)(Oc2ccc(C=NN(C)P(=S)(Cl)Cl)cc2)Oc2ccc(C=NN(C)P(=S)(Cl)Cl)cc2)cc1)P(=S)(Cl)Cl. The van der Waals surface area contributed by atoms with Crippen LogP contribution in [0.2, 0.25) is 0 Å². The Morgan fingerprint density at radius 1 is 0.468 bits per heavy atom. The molecule has 0 aromatic heterocycles. The van der Waals surface area contributed by atoms with E-state index in [1.165, 1.54) is 14.3 Å². The molecule has 47 heavy (non-hydrogen) atoms. The van der Waals surface area contributed by atoms with Gasteiger partial charge in [-0.2, -0.15) is 15.3 Å². The largest absolute Gasteiger partial charge is 0.490 e. The highest BCUT2D eigenvalue weighted by atomic mass is 35.9. The maximum absolute atomic E-state index is 6.17. The Labute approximate surface area is 322 Å². The normalized spacial score (nSPS) is 13.9. The van der Waals surface area contributed by atoms with E-state index in [0.29, 0.717) is 17.2 Å². The van der Waals surface area contributed by atoms with Gasteiger partial charge in [0.2, 0.25) is 14.7 Å². The van der Waals surface area contributed by atoms with Crippen LogP contribution in [-0.2, 0) is 47.2 Å². The molecule has 3 rings (SSSR count). The van der Waals surface area contributed by atoms with Crippen molar-refractivity contribution in [1.29, 1.82) is 0 Å². The molecule has 0 atom stereocenters. The van der Waals surface area contributed by atoms with Gasteiger partial charge in [-0.05, 0) is 192 Å². The molecule has 9 nitrogen and oxygen atoms in total. The van der Waals surface area contributed by atoms with Crippen molar-refractivity contribution in [2.24, 2.45) is 15.3 Å². The van der Waals surface area contributed by atoms with Gasteiger partial charge in [0.15, 0.2) is 0 Å². The van der Waals surface area contributed by atoms with Gasteiger partial charge in [-0.25, -0.2) is 14.3 Å². The smallest absolute Gasteiger partial charge is 0.407 e. The van der Waals surface area contributed by atoms with Gasteiger partial charge in [0, 0.05) is 32.9 Å². The average Bonchev–Trinajstić information content (AvgIpc) is 2.98. The Morgan fingerprint density at radius 2 is 0.681 bits per heavy atom. The Hall–Kier alpha value is -0.190. The summed E-state index contributed by atoms with van der Waals surface area (Å²) in [7, 11) is 4.81. The van der Waals surface area contributed by atoms with E-state index in [0.717, 1.165) is 16.7 Å². The van der Waals surface area contributed by atoms with Crippen molar-refractivity contribution in [1.82, 2.24) is 14.3 Å². The van der Waals surface area contributed by atoms with E-state index in [2.05, 4.69) is 15.3 Å².